The molecule has 0 saturated carbocycles. The smallest absolute Gasteiger partial charge is 0.340 e. The minimum Gasteiger partial charge on any atom is -0.486 e. The molecule has 0 spiro atoms. The second-order valence-electron chi connectivity index (χ2n) is 7.78. The van der Waals surface area contributed by atoms with E-state index >= 15 is 0 Å². The quantitative estimate of drug-likeness (QED) is 0.617. The summed E-state index contributed by atoms with van der Waals surface area (Å²) in [5.41, 5.74) is 2.30. The molecule has 0 aliphatic carbocycles. The summed E-state index contributed by atoms with van der Waals surface area (Å²) in [6.45, 7) is 7.49. The molecular formula is C23H24O4. The third-order valence-electron chi connectivity index (χ3n) is 4.69. The summed E-state index contributed by atoms with van der Waals surface area (Å²) in [4.78, 5) is 24.5. The molecule has 0 unspecified atom stereocenters. The van der Waals surface area contributed by atoms with E-state index in [1.807, 2.05) is 64.1 Å². The van der Waals surface area contributed by atoms with Crippen molar-refractivity contribution in [3.63, 3.8) is 0 Å². The van der Waals surface area contributed by atoms with Crippen LogP contribution in [0.4, 0.5) is 0 Å². The molecule has 2 aromatic carbocycles. The normalized spacial score (nSPS) is 11.6. The second kappa shape index (κ2) is 7.39. The first-order chi connectivity index (χ1) is 12.8. The largest absolute Gasteiger partial charge is 0.486 e. The maximum absolute atomic E-state index is 12.5. The highest BCUT2D eigenvalue weighted by Crippen LogP contribution is 2.25. The monoisotopic (exact) mass is 364 g/mol. The zero-order chi connectivity index (χ0) is 19.6. The van der Waals surface area contributed by atoms with Gasteiger partial charge in [0.25, 0.3) is 0 Å². The molecule has 0 aliphatic heterocycles. The highest BCUT2D eigenvalue weighted by atomic mass is 16.5. The van der Waals surface area contributed by atoms with E-state index in [0.717, 1.165) is 16.5 Å². The molecule has 4 nitrogen and oxygen atoms in total. The highest BCUT2D eigenvalue weighted by molar-refractivity contribution is 5.85. The zero-order valence-electron chi connectivity index (χ0n) is 16.2. The molecule has 0 radical (unpaired) electrons. The lowest BCUT2D eigenvalue weighted by Crippen LogP contribution is -2.26. The van der Waals surface area contributed by atoms with E-state index < -0.39 is 5.41 Å². The Morgan fingerprint density at radius 3 is 2.44 bits per heavy atom. The van der Waals surface area contributed by atoms with Crippen molar-refractivity contribution in [1.82, 2.24) is 0 Å². The number of carbonyl (C=O) groups is 1. The standard InChI is InChI=1S/C23H24O4/c1-15-18-11-10-17(26-14-21(24)23(2,3)4)13-20(18)27-22(25)19(15)12-16-8-6-5-7-9-16/h5-11,13H,12,14H2,1-4H3. The fraction of sp³-hybridized carbons (Fsp3) is 0.304. The van der Waals surface area contributed by atoms with Crippen LogP contribution in [-0.2, 0) is 11.2 Å². The van der Waals surface area contributed by atoms with Crippen molar-refractivity contribution in [3.8, 4) is 5.75 Å². The van der Waals surface area contributed by atoms with Gasteiger partial charge < -0.3 is 9.15 Å². The van der Waals surface area contributed by atoms with E-state index in [2.05, 4.69) is 0 Å². The Hall–Kier alpha value is -2.88. The van der Waals surface area contributed by atoms with Crippen molar-refractivity contribution >= 4 is 16.8 Å². The van der Waals surface area contributed by atoms with Gasteiger partial charge in [-0.15, -0.1) is 0 Å². The average molecular weight is 364 g/mol. The van der Waals surface area contributed by atoms with Crippen LogP contribution in [0.15, 0.2) is 57.7 Å². The molecule has 0 fully saturated rings. The van der Waals surface area contributed by atoms with Crippen LogP contribution in [0.5, 0.6) is 5.75 Å². The lowest BCUT2D eigenvalue weighted by Gasteiger charge is -2.17. The molecule has 0 saturated heterocycles. The minimum absolute atomic E-state index is 0.00961. The van der Waals surface area contributed by atoms with Gasteiger partial charge in [0.1, 0.15) is 17.9 Å². The summed E-state index contributed by atoms with van der Waals surface area (Å²) in [6, 6.07) is 15.2. The average Bonchev–Trinajstić information content (AvgIpc) is 2.63. The third-order valence-corrected chi connectivity index (χ3v) is 4.69. The summed E-state index contributed by atoms with van der Waals surface area (Å²) >= 11 is 0. The molecule has 1 heterocycles. The van der Waals surface area contributed by atoms with Crippen LogP contribution in [0.2, 0.25) is 0 Å². The Labute approximate surface area is 158 Å². The maximum atomic E-state index is 12.5. The van der Waals surface area contributed by atoms with Gasteiger partial charge >= 0.3 is 5.63 Å². The molecule has 0 atom stereocenters. The number of ether oxygens (including phenoxy) is 1. The van der Waals surface area contributed by atoms with Gasteiger partial charge in [0.2, 0.25) is 0 Å². The number of Topliss-reactive ketones (excluding diaryl/α,β-unsaturated/α-hetero) is 1. The van der Waals surface area contributed by atoms with Gasteiger partial charge in [0, 0.05) is 28.9 Å². The first-order valence-electron chi connectivity index (χ1n) is 9.02. The third kappa shape index (κ3) is 4.27. The molecule has 0 bridgehead atoms. The number of carbonyl (C=O) groups excluding carboxylic acids is 1. The molecule has 0 aliphatic rings. The summed E-state index contributed by atoms with van der Waals surface area (Å²) in [6.07, 6.45) is 0.531. The molecular weight excluding hydrogens is 340 g/mol. The van der Waals surface area contributed by atoms with E-state index in [4.69, 9.17) is 9.15 Å². The number of ketones is 1. The van der Waals surface area contributed by atoms with Crippen molar-refractivity contribution in [3.05, 3.63) is 75.6 Å². The van der Waals surface area contributed by atoms with Gasteiger partial charge in [-0.2, -0.15) is 0 Å². The first kappa shape index (κ1) is 18.9. The van der Waals surface area contributed by atoms with E-state index in [0.29, 0.717) is 23.3 Å². The van der Waals surface area contributed by atoms with Crippen molar-refractivity contribution in [1.29, 1.82) is 0 Å². The predicted octanol–water partition coefficient (Wildman–Crippen LogP) is 4.69. The van der Waals surface area contributed by atoms with E-state index in [9.17, 15) is 9.59 Å². The highest BCUT2D eigenvalue weighted by Gasteiger charge is 2.21. The van der Waals surface area contributed by atoms with E-state index in [-0.39, 0.29) is 18.0 Å². The fourth-order valence-corrected chi connectivity index (χ4v) is 2.83. The summed E-state index contributed by atoms with van der Waals surface area (Å²) < 4.78 is 11.1. The number of fused-ring (bicyclic) bond motifs is 1. The molecule has 3 aromatic rings. The first-order valence-corrected chi connectivity index (χ1v) is 9.02. The number of benzene rings is 2. The predicted molar refractivity (Wildman–Crippen MR) is 106 cm³/mol. The number of hydrogen-bond acceptors (Lipinski definition) is 4. The summed E-state index contributed by atoms with van der Waals surface area (Å²) in [5, 5.41) is 0.870. The van der Waals surface area contributed by atoms with Gasteiger partial charge in [-0.25, -0.2) is 4.79 Å². The van der Waals surface area contributed by atoms with Crippen molar-refractivity contribution in [2.75, 3.05) is 6.61 Å². The van der Waals surface area contributed by atoms with E-state index in [1.165, 1.54) is 0 Å². The molecule has 3 rings (SSSR count). The SMILES string of the molecule is Cc1c(Cc2ccccc2)c(=O)oc2cc(OCC(=O)C(C)(C)C)ccc12. The molecule has 0 amide bonds. The Bertz CT molecular complexity index is 1020. The van der Waals surface area contributed by atoms with Gasteiger partial charge in [-0.3, -0.25) is 4.79 Å². The summed E-state index contributed by atoms with van der Waals surface area (Å²) in [7, 11) is 0. The maximum Gasteiger partial charge on any atom is 0.340 e. The van der Waals surface area contributed by atoms with Crippen molar-refractivity contribution in [2.45, 2.75) is 34.1 Å². The topological polar surface area (TPSA) is 56.5 Å². The fourth-order valence-electron chi connectivity index (χ4n) is 2.83. The Balaban J connectivity index is 1.89. The van der Waals surface area contributed by atoms with Crippen LogP contribution in [-0.4, -0.2) is 12.4 Å². The van der Waals surface area contributed by atoms with Crippen molar-refractivity contribution in [2.24, 2.45) is 5.41 Å². The Kier molecular flexibility index (Phi) is 5.17. The van der Waals surface area contributed by atoms with Crippen LogP contribution in [0.25, 0.3) is 11.0 Å². The van der Waals surface area contributed by atoms with Gasteiger partial charge in [0.15, 0.2) is 5.78 Å². The molecule has 1 aromatic heterocycles. The molecule has 4 heteroatoms. The number of hydrogen-bond donors (Lipinski definition) is 0. The van der Waals surface area contributed by atoms with Gasteiger partial charge in [0.05, 0.1) is 0 Å². The van der Waals surface area contributed by atoms with Crippen LogP contribution in [0.1, 0.15) is 37.5 Å². The lowest BCUT2D eigenvalue weighted by atomic mass is 9.91. The van der Waals surface area contributed by atoms with Crippen LogP contribution in [0, 0.1) is 12.3 Å². The van der Waals surface area contributed by atoms with Gasteiger partial charge in [-0.1, -0.05) is 51.1 Å². The van der Waals surface area contributed by atoms with Crippen LogP contribution in [0.3, 0.4) is 0 Å². The Morgan fingerprint density at radius 2 is 1.78 bits per heavy atom. The van der Waals surface area contributed by atoms with Crippen LogP contribution >= 0.6 is 0 Å². The second-order valence-corrected chi connectivity index (χ2v) is 7.78. The number of aryl methyl sites for hydroxylation is 1. The van der Waals surface area contributed by atoms with E-state index in [1.54, 1.807) is 12.1 Å². The Morgan fingerprint density at radius 1 is 1.07 bits per heavy atom. The molecule has 140 valence electrons. The molecule has 27 heavy (non-hydrogen) atoms. The van der Waals surface area contributed by atoms with Gasteiger partial charge in [-0.05, 0) is 30.2 Å². The van der Waals surface area contributed by atoms with Crippen molar-refractivity contribution < 1.29 is 13.9 Å². The minimum atomic E-state index is -0.452. The lowest BCUT2D eigenvalue weighted by molar-refractivity contribution is -0.128. The summed E-state index contributed by atoms with van der Waals surface area (Å²) in [5.74, 6) is 0.525. The number of rotatable bonds is 5. The molecule has 0 N–H and O–H groups in total. The van der Waals surface area contributed by atoms with Crippen LogP contribution < -0.4 is 10.4 Å². The zero-order valence-corrected chi connectivity index (χ0v) is 16.2.